The Morgan fingerprint density at radius 2 is 1.87 bits per heavy atom. The first-order valence-electron chi connectivity index (χ1n) is 5.35. The summed E-state index contributed by atoms with van der Waals surface area (Å²) in [5, 5.41) is 2.77. The van der Waals surface area contributed by atoms with Crippen LogP contribution in [-0.4, -0.2) is 20.6 Å². The molecule has 0 aliphatic carbocycles. The molecule has 0 amide bonds. The Hall–Kier alpha value is -1.32. The molecular formula is C11H18N2O2. The minimum absolute atomic E-state index is 0.363. The minimum Gasteiger partial charge on any atom is -0.383 e. The van der Waals surface area contributed by atoms with Crippen molar-refractivity contribution in [3.05, 3.63) is 20.4 Å². The lowest BCUT2D eigenvalue weighted by Gasteiger charge is -2.22. The van der Waals surface area contributed by atoms with E-state index in [9.17, 15) is 9.59 Å². The van der Waals surface area contributed by atoms with E-state index in [1.54, 1.807) is 7.05 Å². The molecule has 0 bridgehead atoms. The first kappa shape index (κ1) is 11.8. The minimum atomic E-state index is -0.394. The van der Waals surface area contributed by atoms with Crippen LogP contribution < -0.4 is 21.1 Å². The Morgan fingerprint density at radius 1 is 1.20 bits per heavy atom. The van der Waals surface area contributed by atoms with Crippen LogP contribution in [0.25, 0.3) is 0 Å². The SMILES string of the molecule is CCCCCN(C)c1c(NC)c(=O)c1=O. The molecule has 0 unspecified atom stereocenters. The smallest absolute Gasteiger partial charge is 0.253 e. The van der Waals surface area contributed by atoms with Crippen molar-refractivity contribution in [2.24, 2.45) is 0 Å². The van der Waals surface area contributed by atoms with Crippen LogP contribution in [0.5, 0.6) is 0 Å². The van der Waals surface area contributed by atoms with Gasteiger partial charge in [0.05, 0.1) is 0 Å². The zero-order chi connectivity index (χ0) is 11.4. The number of hydrogen-bond donors (Lipinski definition) is 1. The van der Waals surface area contributed by atoms with Gasteiger partial charge in [0.2, 0.25) is 0 Å². The van der Waals surface area contributed by atoms with Gasteiger partial charge in [-0.1, -0.05) is 19.8 Å². The van der Waals surface area contributed by atoms with Crippen molar-refractivity contribution in [1.82, 2.24) is 0 Å². The summed E-state index contributed by atoms with van der Waals surface area (Å²) >= 11 is 0. The second-order valence-corrected chi connectivity index (χ2v) is 3.76. The highest BCUT2D eigenvalue weighted by atomic mass is 16.2. The maximum atomic E-state index is 11.3. The predicted molar refractivity (Wildman–Crippen MR) is 63.7 cm³/mol. The van der Waals surface area contributed by atoms with E-state index in [0.29, 0.717) is 11.4 Å². The highest BCUT2D eigenvalue weighted by Crippen LogP contribution is 2.18. The molecule has 1 aromatic rings. The molecule has 0 aromatic heterocycles. The molecule has 84 valence electrons. The van der Waals surface area contributed by atoms with E-state index in [1.807, 2.05) is 11.9 Å². The Kier molecular flexibility index (Phi) is 3.88. The molecule has 0 aliphatic heterocycles. The summed E-state index contributed by atoms with van der Waals surface area (Å²) in [6.07, 6.45) is 3.35. The summed E-state index contributed by atoms with van der Waals surface area (Å²) < 4.78 is 0. The van der Waals surface area contributed by atoms with Crippen molar-refractivity contribution in [3.63, 3.8) is 0 Å². The van der Waals surface area contributed by atoms with Crippen molar-refractivity contribution >= 4 is 11.4 Å². The zero-order valence-electron chi connectivity index (χ0n) is 9.59. The summed E-state index contributed by atoms with van der Waals surface area (Å²) in [5.41, 5.74) is 0.241. The van der Waals surface area contributed by atoms with Crippen LogP contribution in [0.1, 0.15) is 26.2 Å². The molecule has 0 saturated carbocycles. The van der Waals surface area contributed by atoms with Gasteiger partial charge < -0.3 is 10.2 Å². The first-order valence-corrected chi connectivity index (χ1v) is 5.35. The van der Waals surface area contributed by atoms with Gasteiger partial charge in [-0.3, -0.25) is 9.59 Å². The predicted octanol–water partition coefficient (Wildman–Crippen LogP) is 0.951. The van der Waals surface area contributed by atoms with E-state index in [-0.39, 0.29) is 5.43 Å². The molecule has 0 atom stereocenters. The highest BCUT2D eigenvalue weighted by Gasteiger charge is 2.22. The Labute approximate surface area is 89.6 Å². The van der Waals surface area contributed by atoms with E-state index < -0.39 is 5.43 Å². The fourth-order valence-corrected chi connectivity index (χ4v) is 1.69. The maximum absolute atomic E-state index is 11.3. The Morgan fingerprint density at radius 3 is 2.40 bits per heavy atom. The molecule has 4 heteroatoms. The number of nitrogens with zero attached hydrogens (tertiary/aromatic N) is 1. The standard InChI is InChI=1S/C11H18N2O2/c1-4-5-6-7-13(3)9-8(12-2)10(14)11(9)15/h12H,4-7H2,1-3H3. The van der Waals surface area contributed by atoms with Gasteiger partial charge in [-0.2, -0.15) is 0 Å². The molecule has 1 rings (SSSR count). The molecule has 0 heterocycles. The van der Waals surface area contributed by atoms with Crippen LogP contribution in [0.3, 0.4) is 0 Å². The van der Waals surface area contributed by atoms with Crippen LogP contribution in [0.2, 0.25) is 0 Å². The quantitative estimate of drug-likeness (QED) is 0.561. The van der Waals surface area contributed by atoms with Gasteiger partial charge in [0.15, 0.2) is 0 Å². The topological polar surface area (TPSA) is 49.4 Å². The zero-order valence-corrected chi connectivity index (χ0v) is 9.59. The van der Waals surface area contributed by atoms with Crippen molar-refractivity contribution in [3.8, 4) is 0 Å². The molecule has 0 spiro atoms. The molecule has 4 nitrogen and oxygen atoms in total. The Bertz CT molecular complexity index is 391. The van der Waals surface area contributed by atoms with E-state index >= 15 is 0 Å². The van der Waals surface area contributed by atoms with Crippen molar-refractivity contribution in [2.45, 2.75) is 26.2 Å². The summed E-state index contributed by atoms with van der Waals surface area (Å²) in [5.74, 6) is 0. The second kappa shape index (κ2) is 4.96. The molecule has 0 saturated heterocycles. The maximum Gasteiger partial charge on any atom is 0.253 e. The number of unbranched alkanes of at least 4 members (excludes halogenated alkanes) is 2. The Balaban J connectivity index is 2.66. The average Bonchev–Trinajstić information content (AvgIpc) is 2.24. The van der Waals surface area contributed by atoms with E-state index in [0.717, 1.165) is 25.8 Å². The third-order valence-corrected chi connectivity index (χ3v) is 2.61. The lowest BCUT2D eigenvalue weighted by Crippen LogP contribution is -2.41. The summed E-state index contributed by atoms with van der Waals surface area (Å²) in [4.78, 5) is 24.3. The van der Waals surface area contributed by atoms with Crippen LogP contribution in [-0.2, 0) is 0 Å². The molecule has 0 fully saturated rings. The van der Waals surface area contributed by atoms with Gasteiger partial charge in [-0.15, -0.1) is 0 Å². The van der Waals surface area contributed by atoms with Crippen LogP contribution >= 0.6 is 0 Å². The summed E-state index contributed by atoms with van der Waals surface area (Å²) in [6, 6.07) is 0. The lowest BCUT2D eigenvalue weighted by atomic mass is 10.1. The van der Waals surface area contributed by atoms with Crippen molar-refractivity contribution in [1.29, 1.82) is 0 Å². The fraction of sp³-hybridized carbons (Fsp3) is 0.636. The van der Waals surface area contributed by atoms with Crippen molar-refractivity contribution < 1.29 is 0 Å². The van der Waals surface area contributed by atoms with Crippen LogP contribution in [0.15, 0.2) is 9.59 Å². The second-order valence-electron chi connectivity index (χ2n) is 3.76. The van der Waals surface area contributed by atoms with E-state index in [4.69, 9.17) is 0 Å². The molecule has 1 N–H and O–H groups in total. The molecule has 1 aromatic carbocycles. The molecular weight excluding hydrogens is 192 g/mol. The normalized spacial score (nSPS) is 10.6. The van der Waals surface area contributed by atoms with Gasteiger partial charge in [-0.25, -0.2) is 0 Å². The number of nitrogens with one attached hydrogen (secondary N) is 1. The fourth-order valence-electron chi connectivity index (χ4n) is 1.69. The largest absolute Gasteiger partial charge is 0.383 e. The highest BCUT2D eigenvalue weighted by molar-refractivity contribution is 5.74. The summed E-state index contributed by atoms with van der Waals surface area (Å²) in [6.45, 7) is 2.96. The lowest BCUT2D eigenvalue weighted by molar-refractivity contribution is 0.703. The summed E-state index contributed by atoms with van der Waals surface area (Å²) in [7, 11) is 3.52. The van der Waals surface area contributed by atoms with Gasteiger partial charge in [0.25, 0.3) is 10.9 Å². The third kappa shape index (κ3) is 2.19. The van der Waals surface area contributed by atoms with Crippen LogP contribution in [0.4, 0.5) is 11.4 Å². The van der Waals surface area contributed by atoms with Gasteiger partial charge >= 0.3 is 0 Å². The molecule has 0 aliphatic rings. The monoisotopic (exact) mass is 210 g/mol. The number of rotatable bonds is 6. The number of hydrogen-bond acceptors (Lipinski definition) is 4. The third-order valence-electron chi connectivity index (χ3n) is 2.61. The first-order chi connectivity index (χ1) is 7.13. The molecule has 0 radical (unpaired) electrons. The van der Waals surface area contributed by atoms with E-state index in [1.165, 1.54) is 0 Å². The van der Waals surface area contributed by atoms with Crippen molar-refractivity contribution in [2.75, 3.05) is 30.9 Å². The average molecular weight is 210 g/mol. The van der Waals surface area contributed by atoms with Gasteiger partial charge in [0.1, 0.15) is 11.4 Å². The van der Waals surface area contributed by atoms with Gasteiger partial charge in [0, 0.05) is 20.6 Å². The van der Waals surface area contributed by atoms with Crippen LogP contribution in [0, 0.1) is 0 Å². The molecule has 15 heavy (non-hydrogen) atoms. The number of anilines is 2. The van der Waals surface area contributed by atoms with Gasteiger partial charge in [-0.05, 0) is 6.42 Å². The van der Waals surface area contributed by atoms with E-state index in [2.05, 4.69) is 12.2 Å².